The highest BCUT2D eigenvalue weighted by atomic mass is 35.5. The summed E-state index contributed by atoms with van der Waals surface area (Å²) in [4.78, 5) is 10.4. The molecule has 0 saturated heterocycles. The Kier molecular flexibility index (Phi) is 5.18. The van der Waals surface area contributed by atoms with Gasteiger partial charge in [0.1, 0.15) is 17.7 Å². The van der Waals surface area contributed by atoms with Crippen LogP contribution in [0.25, 0.3) is 0 Å². The predicted molar refractivity (Wildman–Crippen MR) is 52.9 cm³/mol. The Hall–Kier alpha value is -1.20. The average molecular weight is 238 g/mol. The van der Waals surface area contributed by atoms with E-state index in [2.05, 4.69) is 0 Å². The first-order valence-electron chi connectivity index (χ1n) is 3.93. The van der Waals surface area contributed by atoms with Crippen LogP contribution in [0.1, 0.15) is 5.56 Å². The van der Waals surface area contributed by atoms with Gasteiger partial charge in [-0.15, -0.1) is 12.4 Å². The molecule has 0 aliphatic rings. The van der Waals surface area contributed by atoms with Crippen molar-refractivity contribution in [2.24, 2.45) is 5.73 Å². The minimum atomic E-state index is -1.21. The van der Waals surface area contributed by atoms with E-state index in [0.29, 0.717) is 6.07 Å². The minimum absolute atomic E-state index is 0. The number of carboxylic acids is 1. The number of halogens is 3. The summed E-state index contributed by atoms with van der Waals surface area (Å²) in [7, 11) is 0. The zero-order chi connectivity index (χ0) is 10.7. The lowest BCUT2D eigenvalue weighted by atomic mass is 10.1. The summed E-state index contributed by atoms with van der Waals surface area (Å²) >= 11 is 0. The van der Waals surface area contributed by atoms with Crippen LogP contribution in [0.4, 0.5) is 8.78 Å². The molecule has 0 amide bonds. The lowest BCUT2D eigenvalue weighted by molar-refractivity contribution is -0.138. The van der Waals surface area contributed by atoms with Crippen molar-refractivity contribution in [1.82, 2.24) is 0 Å². The number of hydrogen-bond acceptors (Lipinski definition) is 2. The van der Waals surface area contributed by atoms with E-state index in [1.54, 1.807) is 0 Å². The molecule has 1 rings (SSSR count). The summed E-state index contributed by atoms with van der Waals surface area (Å²) in [5.74, 6) is -2.69. The molecular weight excluding hydrogens is 228 g/mol. The van der Waals surface area contributed by atoms with Gasteiger partial charge in [0, 0.05) is 12.5 Å². The van der Waals surface area contributed by atoms with Crippen LogP contribution in [0.2, 0.25) is 0 Å². The second kappa shape index (κ2) is 5.63. The number of carboxylic acid groups (broad SMARTS) is 1. The van der Waals surface area contributed by atoms with Crippen LogP contribution in [0.5, 0.6) is 0 Å². The Morgan fingerprint density at radius 3 is 2.53 bits per heavy atom. The highest BCUT2D eigenvalue weighted by Crippen LogP contribution is 2.11. The minimum Gasteiger partial charge on any atom is -0.480 e. The molecule has 0 saturated carbocycles. The number of hydrogen-bond donors (Lipinski definition) is 2. The summed E-state index contributed by atoms with van der Waals surface area (Å²) in [6, 6.07) is 1.78. The topological polar surface area (TPSA) is 63.3 Å². The van der Waals surface area contributed by atoms with Crippen LogP contribution in [-0.4, -0.2) is 17.1 Å². The van der Waals surface area contributed by atoms with Crippen molar-refractivity contribution in [3.05, 3.63) is 35.4 Å². The number of nitrogens with two attached hydrogens (primary N) is 1. The Balaban J connectivity index is 0.00000196. The number of carbonyl (C=O) groups is 1. The molecule has 3 N–H and O–H groups in total. The van der Waals surface area contributed by atoms with Gasteiger partial charge in [0.2, 0.25) is 0 Å². The van der Waals surface area contributed by atoms with Crippen molar-refractivity contribution >= 4 is 18.4 Å². The quantitative estimate of drug-likeness (QED) is 0.834. The van der Waals surface area contributed by atoms with Gasteiger partial charge in [-0.1, -0.05) is 6.07 Å². The third kappa shape index (κ3) is 3.81. The van der Waals surface area contributed by atoms with E-state index in [0.717, 1.165) is 6.07 Å². The number of rotatable bonds is 3. The van der Waals surface area contributed by atoms with Gasteiger partial charge in [0.25, 0.3) is 0 Å². The Labute approximate surface area is 91.3 Å². The summed E-state index contributed by atoms with van der Waals surface area (Å²) in [6.45, 7) is 0. The van der Waals surface area contributed by atoms with E-state index < -0.39 is 23.6 Å². The van der Waals surface area contributed by atoms with E-state index >= 15 is 0 Å². The van der Waals surface area contributed by atoms with E-state index in [4.69, 9.17) is 10.8 Å². The molecule has 0 bridgehead atoms. The van der Waals surface area contributed by atoms with Gasteiger partial charge in [-0.3, -0.25) is 4.79 Å². The van der Waals surface area contributed by atoms with Gasteiger partial charge in [0.15, 0.2) is 0 Å². The maximum Gasteiger partial charge on any atom is 0.320 e. The monoisotopic (exact) mass is 237 g/mol. The molecule has 84 valence electrons. The van der Waals surface area contributed by atoms with Crippen LogP contribution >= 0.6 is 12.4 Å². The molecule has 0 heterocycles. The SMILES string of the molecule is Cl.N[C@@H](Cc1ccc(F)cc1F)C(=O)O. The molecule has 1 aromatic carbocycles. The Bertz CT molecular complexity index is 360. The summed E-state index contributed by atoms with van der Waals surface area (Å²) in [5.41, 5.74) is 5.29. The molecule has 0 aliphatic heterocycles. The van der Waals surface area contributed by atoms with Crippen molar-refractivity contribution in [2.75, 3.05) is 0 Å². The largest absolute Gasteiger partial charge is 0.480 e. The third-order valence-electron chi connectivity index (χ3n) is 1.77. The molecule has 15 heavy (non-hydrogen) atoms. The van der Waals surface area contributed by atoms with Gasteiger partial charge >= 0.3 is 5.97 Å². The summed E-state index contributed by atoms with van der Waals surface area (Å²) in [6.07, 6.45) is -0.151. The van der Waals surface area contributed by atoms with Crippen molar-refractivity contribution in [3.63, 3.8) is 0 Å². The fourth-order valence-corrected chi connectivity index (χ4v) is 1.01. The van der Waals surface area contributed by atoms with Crippen molar-refractivity contribution in [2.45, 2.75) is 12.5 Å². The van der Waals surface area contributed by atoms with E-state index in [9.17, 15) is 13.6 Å². The van der Waals surface area contributed by atoms with E-state index in [1.165, 1.54) is 6.07 Å². The molecule has 0 unspecified atom stereocenters. The molecule has 0 fully saturated rings. The van der Waals surface area contributed by atoms with Gasteiger partial charge in [-0.2, -0.15) is 0 Å². The van der Waals surface area contributed by atoms with Gasteiger partial charge in [-0.25, -0.2) is 8.78 Å². The lowest BCUT2D eigenvalue weighted by Crippen LogP contribution is -2.32. The molecule has 1 atom stereocenters. The van der Waals surface area contributed by atoms with Crippen LogP contribution in [0.3, 0.4) is 0 Å². The highest BCUT2D eigenvalue weighted by Gasteiger charge is 2.14. The predicted octanol–water partition coefficient (Wildman–Crippen LogP) is 1.34. The van der Waals surface area contributed by atoms with Crippen molar-refractivity contribution < 1.29 is 18.7 Å². The van der Waals surface area contributed by atoms with Gasteiger partial charge in [0.05, 0.1) is 0 Å². The molecule has 0 aromatic heterocycles. The average Bonchev–Trinajstić information content (AvgIpc) is 2.09. The second-order valence-corrected chi connectivity index (χ2v) is 2.88. The van der Waals surface area contributed by atoms with Gasteiger partial charge < -0.3 is 10.8 Å². The van der Waals surface area contributed by atoms with Crippen molar-refractivity contribution in [1.29, 1.82) is 0 Å². The van der Waals surface area contributed by atoms with Crippen LogP contribution in [0, 0.1) is 11.6 Å². The Morgan fingerprint density at radius 2 is 2.07 bits per heavy atom. The fourth-order valence-electron chi connectivity index (χ4n) is 1.01. The third-order valence-corrected chi connectivity index (χ3v) is 1.77. The van der Waals surface area contributed by atoms with Crippen LogP contribution in [-0.2, 0) is 11.2 Å². The molecule has 0 radical (unpaired) electrons. The van der Waals surface area contributed by atoms with E-state index in [1.807, 2.05) is 0 Å². The second-order valence-electron chi connectivity index (χ2n) is 2.88. The zero-order valence-electron chi connectivity index (χ0n) is 7.61. The first kappa shape index (κ1) is 13.8. The number of aliphatic carboxylic acids is 1. The first-order chi connectivity index (χ1) is 6.50. The van der Waals surface area contributed by atoms with Gasteiger partial charge in [-0.05, 0) is 11.6 Å². The zero-order valence-corrected chi connectivity index (χ0v) is 8.43. The normalized spacial score (nSPS) is 11.7. The summed E-state index contributed by atoms with van der Waals surface area (Å²) < 4.78 is 25.4. The van der Waals surface area contributed by atoms with Crippen LogP contribution in [0.15, 0.2) is 18.2 Å². The molecule has 1 aromatic rings. The molecule has 0 aliphatic carbocycles. The molecule has 0 spiro atoms. The number of benzene rings is 1. The molecule has 3 nitrogen and oxygen atoms in total. The standard InChI is InChI=1S/C9H9F2NO2.ClH/c10-6-2-1-5(7(11)4-6)3-8(12)9(13)14;/h1-2,4,8H,3,12H2,(H,13,14);1H/t8-;/m0./s1. The first-order valence-corrected chi connectivity index (χ1v) is 3.93. The molecule has 6 heteroatoms. The maximum absolute atomic E-state index is 13.0. The maximum atomic E-state index is 13.0. The summed E-state index contributed by atoms with van der Waals surface area (Å²) in [5, 5.41) is 8.47. The Morgan fingerprint density at radius 1 is 1.47 bits per heavy atom. The van der Waals surface area contributed by atoms with Crippen molar-refractivity contribution in [3.8, 4) is 0 Å². The highest BCUT2D eigenvalue weighted by molar-refractivity contribution is 5.85. The smallest absolute Gasteiger partial charge is 0.320 e. The lowest BCUT2D eigenvalue weighted by Gasteiger charge is -2.06. The fraction of sp³-hybridized carbons (Fsp3) is 0.222. The van der Waals surface area contributed by atoms with E-state index in [-0.39, 0.29) is 24.4 Å². The van der Waals surface area contributed by atoms with Crippen LogP contribution < -0.4 is 5.73 Å². The molecular formula is C9H10ClF2NO2.